The maximum Gasteiger partial charge on any atom is 0.404 e. The summed E-state index contributed by atoms with van der Waals surface area (Å²) < 4.78 is 9.57. The molecule has 0 spiro atoms. The molecule has 0 fully saturated rings. The maximum absolute atomic E-state index is 11.3. The summed E-state index contributed by atoms with van der Waals surface area (Å²) in [4.78, 5) is 21.8. The molecule has 0 aromatic heterocycles. The average Bonchev–Trinajstić information content (AvgIpc) is 2.13. The highest BCUT2D eigenvalue weighted by atomic mass is 16.5. The molecule has 0 rings (SSSR count). The summed E-state index contributed by atoms with van der Waals surface area (Å²) in [7, 11) is 0. The molecule has 0 aromatic rings. The van der Waals surface area contributed by atoms with Crippen molar-refractivity contribution in [1.29, 1.82) is 0 Å². The fourth-order valence-electron chi connectivity index (χ4n) is 1.53. The molecule has 0 aliphatic heterocycles. The average molecular weight is 231 g/mol. The number of hydrogen-bond acceptors (Lipinski definition) is 4. The summed E-state index contributed by atoms with van der Waals surface area (Å²) in [6.45, 7) is 6.39. The minimum Gasteiger partial charge on any atom is -0.466 e. The van der Waals surface area contributed by atoms with Crippen LogP contribution in [0, 0.1) is 11.8 Å². The zero-order chi connectivity index (χ0) is 12.6. The monoisotopic (exact) mass is 231 g/mol. The normalized spacial score (nSPS) is 12.2. The van der Waals surface area contributed by atoms with Gasteiger partial charge in [-0.15, -0.1) is 0 Å². The third-order valence-corrected chi connectivity index (χ3v) is 2.03. The summed E-state index contributed by atoms with van der Waals surface area (Å²) in [5, 5.41) is 0. The Hall–Kier alpha value is -1.26. The number of amides is 1. The fourth-order valence-corrected chi connectivity index (χ4v) is 1.53. The SMILES string of the molecule is CCOC(=O)C[C@@H](COC(N)=O)CC(C)C. The summed E-state index contributed by atoms with van der Waals surface area (Å²) in [6, 6.07) is 0. The smallest absolute Gasteiger partial charge is 0.404 e. The van der Waals surface area contributed by atoms with Crippen molar-refractivity contribution in [1.82, 2.24) is 0 Å². The number of hydrogen-bond donors (Lipinski definition) is 1. The lowest BCUT2D eigenvalue weighted by atomic mass is 9.95. The number of carbonyl (C=O) groups is 2. The molecule has 0 saturated heterocycles. The van der Waals surface area contributed by atoms with Crippen LogP contribution in [0.15, 0.2) is 0 Å². The zero-order valence-corrected chi connectivity index (χ0v) is 10.2. The van der Waals surface area contributed by atoms with E-state index in [0.717, 1.165) is 6.42 Å². The highest BCUT2D eigenvalue weighted by Gasteiger charge is 2.17. The van der Waals surface area contributed by atoms with Gasteiger partial charge in [-0.1, -0.05) is 13.8 Å². The van der Waals surface area contributed by atoms with Gasteiger partial charge < -0.3 is 15.2 Å². The lowest BCUT2D eigenvalue weighted by Gasteiger charge is -2.17. The Morgan fingerprint density at radius 1 is 1.25 bits per heavy atom. The molecular formula is C11H21NO4. The van der Waals surface area contributed by atoms with Crippen molar-refractivity contribution in [2.75, 3.05) is 13.2 Å². The van der Waals surface area contributed by atoms with E-state index in [0.29, 0.717) is 12.5 Å². The molecule has 0 unspecified atom stereocenters. The Bertz CT molecular complexity index is 228. The Morgan fingerprint density at radius 3 is 2.31 bits per heavy atom. The van der Waals surface area contributed by atoms with Gasteiger partial charge in [0.1, 0.15) is 0 Å². The van der Waals surface area contributed by atoms with Gasteiger partial charge in [0.05, 0.1) is 19.6 Å². The number of nitrogens with two attached hydrogens (primary N) is 1. The van der Waals surface area contributed by atoms with Crippen LogP contribution >= 0.6 is 0 Å². The lowest BCUT2D eigenvalue weighted by Crippen LogP contribution is -2.22. The minimum atomic E-state index is -0.808. The van der Waals surface area contributed by atoms with Crippen molar-refractivity contribution in [2.24, 2.45) is 17.6 Å². The fraction of sp³-hybridized carbons (Fsp3) is 0.818. The van der Waals surface area contributed by atoms with Gasteiger partial charge in [0, 0.05) is 5.92 Å². The Kier molecular flexibility index (Phi) is 7.33. The van der Waals surface area contributed by atoms with Crippen LogP contribution in [-0.4, -0.2) is 25.3 Å². The maximum atomic E-state index is 11.3. The number of carbonyl (C=O) groups excluding carboxylic acids is 2. The van der Waals surface area contributed by atoms with Crippen molar-refractivity contribution in [3.8, 4) is 0 Å². The second-order valence-corrected chi connectivity index (χ2v) is 4.13. The van der Waals surface area contributed by atoms with Crippen LogP contribution in [0.2, 0.25) is 0 Å². The van der Waals surface area contributed by atoms with Gasteiger partial charge >= 0.3 is 12.1 Å². The van der Waals surface area contributed by atoms with E-state index >= 15 is 0 Å². The highest BCUT2D eigenvalue weighted by molar-refractivity contribution is 5.69. The summed E-state index contributed by atoms with van der Waals surface area (Å²) in [6.07, 6.45) is 0.253. The second kappa shape index (κ2) is 7.96. The molecule has 5 nitrogen and oxygen atoms in total. The molecule has 0 bridgehead atoms. The molecule has 0 aliphatic carbocycles. The van der Waals surface area contributed by atoms with Gasteiger partial charge in [-0.2, -0.15) is 0 Å². The van der Waals surface area contributed by atoms with Gasteiger partial charge in [0.15, 0.2) is 0 Å². The molecule has 1 amide bonds. The van der Waals surface area contributed by atoms with E-state index < -0.39 is 6.09 Å². The van der Waals surface area contributed by atoms with Gasteiger partial charge in [-0.05, 0) is 19.3 Å². The van der Waals surface area contributed by atoms with Gasteiger partial charge in [0.25, 0.3) is 0 Å². The van der Waals surface area contributed by atoms with Crippen LogP contribution < -0.4 is 5.73 Å². The molecule has 2 N–H and O–H groups in total. The summed E-state index contributed by atoms with van der Waals surface area (Å²) in [5.41, 5.74) is 4.88. The van der Waals surface area contributed by atoms with Crippen LogP contribution in [0.3, 0.4) is 0 Å². The molecule has 0 heterocycles. The van der Waals surface area contributed by atoms with E-state index in [1.807, 2.05) is 13.8 Å². The first kappa shape index (κ1) is 14.7. The van der Waals surface area contributed by atoms with Crippen molar-refractivity contribution < 1.29 is 19.1 Å². The second-order valence-electron chi connectivity index (χ2n) is 4.13. The zero-order valence-electron chi connectivity index (χ0n) is 10.2. The van der Waals surface area contributed by atoms with Gasteiger partial charge in [-0.3, -0.25) is 4.79 Å². The molecule has 0 aliphatic rings. The van der Waals surface area contributed by atoms with Gasteiger partial charge in [0.2, 0.25) is 0 Å². The van der Waals surface area contributed by atoms with Crippen molar-refractivity contribution in [3.63, 3.8) is 0 Å². The lowest BCUT2D eigenvalue weighted by molar-refractivity contribution is -0.144. The third-order valence-electron chi connectivity index (χ3n) is 2.03. The highest BCUT2D eigenvalue weighted by Crippen LogP contribution is 2.16. The standard InChI is InChI=1S/C11H21NO4/c1-4-15-10(13)6-9(5-8(2)3)7-16-11(12)14/h8-9H,4-7H2,1-3H3,(H2,12,14)/t9-/m0/s1. The summed E-state index contributed by atoms with van der Waals surface area (Å²) in [5.74, 6) is 0.142. The van der Waals surface area contributed by atoms with Crippen LogP contribution in [0.1, 0.15) is 33.6 Å². The predicted octanol–water partition coefficient (Wildman–Crippen LogP) is 1.70. The largest absolute Gasteiger partial charge is 0.466 e. The van der Waals surface area contributed by atoms with E-state index in [-0.39, 0.29) is 24.9 Å². The Balaban J connectivity index is 4.08. The minimum absolute atomic E-state index is 0.0217. The molecule has 5 heteroatoms. The first-order valence-electron chi connectivity index (χ1n) is 5.53. The first-order valence-corrected chi connectivity index (χ1v) is 5.53. The van der Waals surface area contributed by atoms with Crippen LogP contribution in [0.4, 0.5) is 4.79 Å². The van der Waals surface area contributed by atoms with E-state index in [9.17, 15) is 9.59 Å². The van der Waals surface area contributed by atoms with E-state index in [1.165, 1.54) is 0 Å². The quantitative estimate of drug-likeness (QED) is 0.676. The van der Waals surface area contributed by atoms with Crippen molar-refractivity contribution in [2.45, 2.75) is 33.6 Å². The molecular weight excluding hydrogens is 210 g/mol. The number of esters is 1. The Morgan fingerprint density at radius 2 is 1.88 bits per heavy atom. The molecule has 94 valence electrons. The van der Waals surface area contributed by atoms with Crippen LogP contribution in [0.25, 0.3) is 0 Å². The topological polar surface area (TPSA) is 78.6 Å². The predicted molar refractivity (Wildman–Crippen MR) is 59.7 cm³/mol. The van der Waals surface area contributed by atoms with Crippen LogP contribution in [0.5, 0.6) is 0 Å². The molecule has 0 radical (unpaired) electrons. The first-order chi connectivity index (χ1) is 7.45. The van der Waals surface area contributed by atoms with Gasteiger partial charge in [-0.25, -0.2) is 4.79 Å². The number of rotatable bonds is 7. The van der Waals surface area contributed by atoms with E-state index in [2.05, 4.69) is 0 Å². The number of ether oxygens (including phenoxy) is 2. The van der Waals surface area contributed by atoms with E-state index in [4.69, 9.17) is 15.2 Å². The van der Waals surface area contributed by atoms with Crippen molar-refractivity contribution in [3.05, 3.63) is 0 Å². The molecule has 0 aromatic carbocycles. The molecule has 0 saturated carbocycles. The van der Waals surface area contributed by atoms with E-state index in [1.54, 1.807) is 6.92 Å². The van der Waals surface area contributed by atoms with Crippen molar-refractivity contribution >= 4 is 12.1 Å². The molecule has 1 atom stereocenters. The summed E-state index contributed by atoms with van der Waals surface area (Å²) >= 11 is 0. The number of primary amides is 1. The Labute approximate surface area is 96.3 Å². The third kappa shape index (κ3) is 8.08. The van der Waals surface area contributed by atoms with Crippen LogP contribution in [-0.2, 0) is 14.3 Å². The molecule has 16 heavy (non-hydrogen) atoms.